The van der Waals surface area contributed by atoms with Gasteiger partial charge in [0.2, 0.25) is 0 Å². The lowest BCUT2D eigenvalue weighted by molar-refractivity contribution is -0.118. The number of hydrogen-bond acceptors (Lipinski definition) is 3. The van der Waals surface area contributed by atoms with E-state index in [4.69, 9.17) is 16.3 Å². The molecule has 1 amide bonds. The van der Waals surface area contributed by atoms with Gasteiger partial charge in [-0.3, -0.25) is 9.89 Å². The maximum absolute atomic E-state index is 11.7. The van der Waals surface area contributed by atoms with Crippen molar-refractivity contribution in [3.05, 3.63) is 40.5 Å². The monoisotopic (exact) mass is 279 g/mol. The van der Waals surface area contributed by atoms with Gasteiger partial charge >= 0.3 is 0 Å². The number of carbonyl (C=O) groups is 1. The van der Waals surface area contributed by atoms with E-state index in [1.807, 2.05) is 13.8 Å². The fraction of sp³-hybridized carbons (Fsp3) is 0.231. The van der Waals surface area contributed by atoms with Crippen LogP contribution in [0, 0.1) is 13.8 Å². The summed E-state index contributed by atoms with van der Waals surface area (Å²) in [5.74, 6) is 0.810. The summed E-state index contributed by atoms with van der Waals surface area (Å²) in [6.45, 7) is 3.68. The molecule has 1 heterocycles. The van der Waals surface area contributed by atoms with Crippen LogP contribution in [0.25, 0.3) is 0 Å². The van der Waals surface area contributed by atoms with Crippen LogP contribution in [0.1, 0.15) is 11.3 Å². The van der Waals surface area contributed by atoms with E-state index in [1.54, 1.807) is 24.3 Å². The molecule has 19 heavy (non-hydrogen) atoms. The van der Waals surface area contributed by atoms with Gasteiger partial charge in [0.05, 0.1) is 0 Å². The lowest BCUT2D eigenvalue weighted by Gasteiger charge is -2.06. The molecule has 0 unspecified atom stereocenters. The third-order valence-electron chi connectivity index (χ3n) is 2.68. The summed E-state index contributed by atoms with van der Waals surface area (Å²) in [6, 6.07) is 6.89. The molecule has 0 bridgehead atoms. The smallest absolute Gasteiger partial charge is 0.263 e. The second-order valence-electron chi connectivity index (χ2n) is 4.12. The molecular weight excluding hydrogens is 266 g/mol. The van der Waals surface area contributed by atoms with E-state index in [-0.39, 0.29) is 12.5 Å². The number of aromatic amines is 1. The molecule has 0 spiro atoms. The Kier molecular flexibility index (Phi) is 4.06. The molecular formula is C13H14ClN3O2. The number of amides is 1. The van der Waals surface area contributed by atoms with Crippen LogP contribution >= 0.6 is 11.6 Å². The zero-order valence-electron chi connectivity index (χ0n) is 10.7. The highest BCUT2D eigenvalue weighted by molar-refractivity contribution is 6.30. The number of halogens is 1. The Hall–Kier alpha value is -2.01. The summed E-state index contributed by atoms with van der Waals surface area (Å²) in [5, 5.41) is 10.0. The Morgan fingerprint density at radius 1 is 1.47 bits per heavy atom. The lowest BCUT2D eigenvalue weighted by atomic mass is 10.3. The summed E-state index contributed by atoms with van der Waals surface area (Å²) in [6.07, 6.45) is 0. The fourth-order valence-electron chi connectivity index (χ4n) is 1.48. The van der Waals surface area contributed by atoms with Gasteiger partial charge in [-0.2, -0.15) is 5.10 Å². The zero-order chi connectivity index (χ0) is 13.8. The minimum atomic E-state index is -0.269. The Morgan fingerprint density at radius 3 is 2.89 bits per heavy atom. The molecule has 2 rings (SSSR count). The number of H-pyrrole nitrogens is 1. The maximum Gasteiger partial charge on any atom is 0.263 e. The molecule has 5 nitrogen and oxygen atoms in total. The molecule has 0 saturated heterocycles. The second kappa shape index (κ2) is 5.75. The number of ether oxygens (including phenoxy) is 1. The number of anilines is 1. The van der Waals surface area contributed by atoms with Gasteiger partial charge in [0, 0.05) is 16.3 Å². The summed E-state index contributed by atoms with van der Waals surface area (Å²) >= 11 is 5.82. The lowest BCUT2D eigenvalue weighted by Crippen LogP contribution is -2.20. The standard InChI is InChI=1S/C13H14ClN3O2/c1-8-9(2)16-17-13(8)15-12(18)7-19-11-5-3-4-10(14)6-11/h3-6H,7H2,1-2H3,(H2,15,16,17,18). The highest BCUT2D eigenvalue weighted by atomic mass is 35.5. The molecule has 0 fully saturated rings. The van der Waals surface area contributed by atoms with Gasteiger partial charge in [-0.1, -0.05) is 17.7 Å². The number of hydrogen-bond donors (Lipinski definition) is 2. The third kappa shape index (κ3) is 3.48. The van der Waals surface area contributed by atoms with Crippen LogP contribution in [0.4, 0.5) is 5.82 Å². The van der Waals surface area contributed by atoms with Crippen molar-refractivity contribution in [1.82, 2.24) is 10.2 Å². The van der Waals surface area contributed by atoms with Gasteiger partial charge in [-0.15, -0.1) is 0 Å². The molecule has 0 radical (unpaired) electrons. The minimum Gasteiger partial charge on any atom is -0.484 e. The Balaban J connectivity index is 1.90. The van der Waals surface area contributed by atoms with Crippen LogP contribution in [0.5, 0.6) is 5.75 Å². The van der Waals surface area contributed by atoms with Crippen molar-refractivity contribution in [2.75, 3.05) is 11.9 Å². The molecule has 0 aliphatic heterocycles. The van der Waals surface area contributed by atoms with Crippen molar-refractivity contribution in [2.24, 2.45) is 0 Å². The van der Waals surface area contributed by atoms with Gasteiger partial charge in [-0.05, 0) is 32.0 Å². The number of nitrogens with one attached hydrogen (secondary N) is 2. The molecule has 0 aliphatic carbocycles. The van der Waals surface area contributed by atoms with Gasteiger partial charge < -0.3 is 10.1 Å². The van der Waals surface area contributed by atoms with Crippen molar-refractivity contribution in [2.45, 2.75) is 13.8 Å². The van der Waals surface area contributed by atoms with Crippen LogP contribution in [0.2, 0.25) is 5.02 Å². The largest absolute Gasteiger partial charge is 0.484 e. The molecule has 0 atom stereocenters. The first-order chi connectivity index (χ1) is 9.06. The number of aromatic nitrogens is 2. The van der Waals surface area contributed by atoms with Crippen LogP contribution in [0.15, 0.2) is 24.3 Å². The summed E-state index contributed by atoms with van der Waals surface area (Å²) < 4.78 is 5.33. The molecule has 6 heteroatoms. The Labute approximate surface area is 115 Å². The van der Waals surface area contributed by atoms with Crippen molar-refractivity contribution in [1.29, 1.82) is 0 Å². The van der Waals surface area contributed by atoms with Gasteiger partial charge in [0.25, 0.3) is 5.91 Å². The number of rotatable bonds is 4. The summed E-state index contributed by atoms with van der Waals surface area (Å²) in [7, 11) is 0. The van der Waals surface area contributed by atoms with Crippen LogP contribution in [-0.4, -0.2) is 22.7 Å². The fourth-order valence-corrected chi connectivity index (χ4v) is 1.66. The van der Waals surface area contributed by atoms with E-state index in [9.17, 15) is 4.79 Å². The minimum absolute atomic E-state index is 0.0916. The molecule has 2 N–H and O–H groups in total. The predicted octanol–water partition coefficient (Wildman–Crippen LogP) is 2.70. The molecule has 1 aromatic heterocycles. The van der Waals surface area contributed by atoms with Gasteiger partial charge in [-0.25, -0.2) is 0 Å². The maximum atomic E-state index is 11.7. The Bertz CT molecular complexity index is 595. The van der Waals surface area contributed by atoms with E-state index in [1.165, 1.54) is 0 Å². The van der Waals surface area contributed by atoms with Crippen molar-refractivity contribution in [3.8, 4) is 5.75 Å². The average molecular weight is 280 g/mol. The van der Waals surface area contributed by atoms with Crippen LogP contribution in [0.3, 0.4) is 0 Å². The average Bonchev–Trinajstić information content (AvgIpc) is 2.69. The number of carbonyl (C=O) groups excluding carboxylic acids is 1. The Morgan fingerprint density at radius 2 is 2.26 bits per heavy atom. The first-order valence-corrected chi connectivity index (χ1v) is 6.14. The van der Waals surface area contributed by atoms with E-state index in [2.05, 4.69) is 15.5 Å². The molecule has 1 aromatic carbocycles. The first kappa shape index (κ1) is 13.4. The van der Waals surface area contributed by atoms with Crippen molar-refractivity contribution in [3.63, 3.8) is 0 Å². The summed E-state index contributed by atoms with van der Waals surface area (Å²) in [4.78, 5) is 11.7. The van der Waals surface area contributed by atoms with Gasteiger partial charge in [0.1, 0.15) is 5.75 Å². The van der Waals surface area contributed by atoms with E-state index in [0.717, 1.165) is 11.3 Å². The third-order valence-corrected chi connectivity index (χ3v) is 2.91. The predicted molar refractivity (Wildman–Crippen MR) is 73.6 cm³/mol. The first-order valence-electron chi connectivity index (χ1n) is 5.76. The van der Waals surface area contributed by atoms with E-state index < -0.39 is 0 Å². The number of benzene rings is 1. The normalized spacial score (nSPS) is 10.3. The van der Waals surface area contributed by atoms with Crippen molar-refractivity contribution < 1.29 is 9.53 Å². The highest BCUT2D eigenvalue weighted by Gasteiger charge is 2.09. The number of aryl methyl sites for hydroxylation is 1. The molecule has 0 aliphatic rings. The zero-order valence-corrected chi connectivity index (χ0v) is 11.4. The quantitative estimate of drug-likeness (QED) is 0.904. The molecule has 0 saturated carbocycles. The van der Waals surface area contributed by atoms with E-state index >= 15 is 0 Å². The highest BCUT2D eigenvalue weighted by Crippen LogP contribution is 2.17. The molecule has 2 aromatic rings. The van der Waals surface area contributed by atoms with E-state index in [0.29, 0.717) is 16.6 Å². The summed E-state index contributed by atoms with van der Waals surface area (Å²) in [5.41, 5.74) is 1.84. The molecule has 100 valence electrons. The van der Waals surface area contributed by atoms with Crippen LogP contribution in [-0.2, 0) is 4.79 Å². The number of nitrogens with zero attached hydrogens (tertiary/aromatic N) is 1. The van der Waals surface area contributed by atoms with Crippen LogP contribution < -0.4 is 10.1 Å². The second-order valence-corrected chi connectivity index (χ2v) is 4.55. The topological polar surface area (TPSA) is 67.0 Å². The van der Waals surface area contributed by atoms with Crippen molar-refractivity contribution >= 4 is 23.3 Å². The SMILES string of the molecule is Cc1[nH]nc(NC(=O)COc2cccc(Cl)c2)c1C. The van der Waals surface area contributed by atoms with Gasteiger partial charge in [0.15, 0.2) is 12.4 Å².